The molecule has 0 aliphatic heterocycles. The summed E-state index contributed by atoms with van der Waals surface area (Å²) in [4.78, 5) is 10.4. The van der Waals surface area contributed by atoms with E-state index in [9.17, 15) is 9.90 Å². The lowest BCUT2D eigenvalue weighted by Gasteiger charge is -2.11. The third-order valence-electron chi connectivity index (χ3n) is 1.85. The highest BCUT2D eigenvalue weighted by atomic mass is 16.4. The van der Waals surface area contributed by atoms with Crippen LogP contribution in [-0.4, -0.2) is 16.2 Å². The van der Waals surface area contributed by atoms with Crippen molar-refractivity contribution >= 4 is 11.7 Å². The van der Waals surface area contributed by atoms with Crippen LogP contribution in [0.5, 0.6) is 5.75 Å². The normalized spacial score (nSPS) is 12.4. The van der Waals surface area contributed by atoms with Crippen molar-refractivity contribution in [3.8, 4) is 5.75 Å². The number of carboxylic acid groups (broad SMARTS) is 1. The Hall–Kier alpha value is -1.75. The number of phenolic OH excluding ortho intramolecular Hbond substituents is 1. The molecule has 0 aliphatic carbocycles. The van der Waals surface area contributed by atoms with E-state index in [4.69, 9.17) is 16.6 Å². The van der Waals surface area contributed by atoms with E-state index in [1.807, 2.05) is 0 Å². The van der Waals surface area contributed by atoms with Crippen LogP contribution < -0.4 is 11.5 Å². The number of nitrogen functional groups attached to an aromatic ring is 1. The van der Waals surface area contributed by atoms with Crippen LogP contribution in [0.2, 0.25) is 0 Å². The van der Waals surface area contributed by atoms with Gasteiger partial charge in [0, 0.05) is 17.3 Å². The van der Waals surface area contributed by atoms with Crippen LogP contribution in [0.1, 0.15) is 18.0 Å². The lowest BCUT2D eigenvalue weighted by atomic mass is 10.0. The molecule has 1 unspecified atom stereocenters. The summed E-state index contributed by atoms with van der Waals surface area (Å²) in [7, 11) is 0. The number of carbonyl (C=O) groups is 1. The smallest absolute Gasteiger partial charge is 0.305 e. The molecular weight excluding hydrogens is 184 g/mol. The fourth-order valence-corrected chi connectivity index (χ4v) is 1.17. The third-order valence-corrected chi connectivity index (χ3v) is 1.85. The first kappa shape index (κ1) is 10.3. The molecule has 0 aliphatic rings. The largest absolute Gasteiger partial charge is 0.508 e. The number of anilines is 1. The third kappa shape index (κ3) is 2.37. The number of carboxylic acids is 1. The zero-order valence-electron chi connectivity index (χ0n) is 7.47. The van der Waals surface area contributed by atoms with E-state index in [0.717, 1.165) is 0 Å². The molecule has 0 heterocycles. The molecule has 0 fully saturated rings. The van der Waals surface area contributed by atoms with Crippen molar-refractivity contribution < 1.29 is 15.0 Å². The average molecular weight is 196 g/mol. The van der Waals surface area contributed by atoms with Crippen molar-refractivity contribution in [3.05, 3.63) is 23.8 Å². The summed E-state index contributed by atoms with van der Waals surface area (Å²) in [6.07, 6.45) is -0.239. The van der Waals surface area contributed by atoms with Crippen LogP contribution in [0.15, 0.2) is 18.2 Å². The monoisotopic (exact) mass is 196 g/mol. The topological polar surface area (TPSA) is 110 Å². The molecule has 1 aromatic carbocycles. The van der Waals surface area contributed by atoms with Crippen molar-refractivity contribution in [3.63, 3.8) is 0 Å². The summed E-state index contributed by atoms with van der Waals surface area (Å²) in [5.74, 6) is -1.05. The van der Waals surface area contributed by atoms with Gasteiger partial charge >= 0.3 is 5.97 Å². The number of phenols is 1. The van der Waals surface area contributed by atoms with Crippen LogP contribution in [-0.2, 0) is 4.79 Å². The zero-order valence-corrected chi connectivity index (χ0v) is 7.47. The van der Waals surface area contributed by atoms with Crippen LogP contribution >= 0.6 is 0 Å². The SMILES string of the molecule is Nc1ccc(O)c(C(N)CC(=O)O)c1. The maximum atomic E-state index is 10.4. The first-order chi connectivity index (χ1) is 6.50. The highest BCUT2D eigenvalue weighted by Gasteiger charge is 2.14. The Balaban J connectivity index is 2.93. The molecule has 0 bridgehead atoms. The number of hydrogen-bond donors (Lipinski definition) is 4. The molecule has 0 aromatic heterocycles. The number of aromatic hydroxyl groups is 1. The molecule has 76 valence electrons. The summed E-state index contributed by atoms with van der Waals surface area (Å²) in [6.45, 7) is 0. The van der Waals surface area contributed by atoms with Gasteiger partial charge in [0.2, 0.25) is 0 Å². The molecule has 6 N–H and O–H groups in total. The average Bonchev–Trinajstić information content (AvgIpc) is 2.08. The number of nitrogens with two attached hydrogens (primary N) is 2. The number of aliphatic carboxylic acids is 1. The van der Waals surface area contributed by atoms with E-state index in [1.165, 1.54) is 18.2 Å². The molecule has 5 nitrogen and oxygen atoms in total. The lowest BCUT2D eigenvalue weighted by molar-refractivity contribution is -0.137. The number of benzene rings is 1. The van der Waals surface area contributed by atoms with Crippen molar-refractivity contribution in [1.82, 2.24) is 0 Å². The minimum Gasteiger partial charge on any atom is -0.508 e. The van der Waals surface area contributed by atoms with Gasteiger partial charge in [0.25, 0.3) is 0 Å². The molecule has 0 amide bonds. The van der Waals surface area contributed by atoms with E-state index in [-0.39, 0.29) is 12.2 Å². The van der Waals surface area contributed by atoms with Crippen molar-refractivity contribution in [2.45, 2.75) is 12.5 Å². The molecule has 0 spiro atoms. The van der Waals surface area contributed by atoms with E-state index >= 15 is 0 Å². The number of rotatable bonds is 3. The molecule has 0 radical (unpaired) electrons. The van der Waals surface area contributed by atoms with Crippen molar-refractivity contribution in [2.24, 2.45) is 5.73 Å². The van der Waals surface area contributed by atoms with Gasteiger partial charge in [-0.15, -0.1) is 0 Å². The quantitative estimate of drug-likeness (QED) is 0.414. The van der Waals surface area contributed by atoms with Crippen LogP contribution in [0.3, 0.4) is 0 Å². The minimum absolute atomic E-state index is 0.0343. The second kappa shape index (κ2) is 3.97. The fourth-order valence-electron chi connectivity index (χ4n) is 1.17. The van der Waals surface area contributed by atoms with Gasteiger partial charge in [-0.3, -0.25) is 4.79 Å². The predicted molar refractivity (Wildman–Crippen MR) is 51.7 cm³/mol. The van der Waals surface area contributed by atoms with E-state index in [0.29, 0.717) is 11.3 Å². The Bertz CT molecular complexity index is 352. The minimum atomic E-state index is -1.01. The van der Waals surface area contributed by atoms with Crippen LogP contribution in [0.25, 0.3) is 0 Å². The second-order valence-corrected chi connectivity index (χ2v) is 3.02. The molecule has 0 saturated heterocycles. The second-order valence-electron chi connectivity index (χ2n) is 3.02. The summed E-state index contributed by atoms with van der Waals surface area (Å²) >= 11 is 0. The van der Waals surface area contributed by atoms with Gasteiger partial charge in [0.05, 0.1) is 6.42 Å². The van der Waals surface area contributed by atoms with Gasteiger partial charge in [-0.05, 0) is 18.2 Å². The standard InChI is InChI=1S/C9H12N2O3/c10-5-1-2-8(12)6(3-5)7(11)4-9(13)14/h1-3,7,12H,4,10-11H2,(H,13,14). The van der Waals surface area contributed by atoms with E-state index < -0.39 is 12.0 Å². The first-order valence-electron chi connectivity index (χ1n) is 4.06. The van der Waals surface area contributed by atoms with Gasteiger partial charge in [0.15, 0.2) is 0 Å². The molecule has 1 atom stereocenters. The Morgan fingerprint density at radius 2 is 2.14 bits per heavy atom. The maximum absolute atomic E-state index is 10.4. The highest BCUT2D eigenvalue weighted by molar-refractivity contribution is 5.68. The Kier molecular flexibility index (Phi) is 2.93. The predicted octanol–water partition coefficient (Wildman–Crippen LogP) is 0.449. The summed E-state index contributed by atoms with van der Waals surface area (Å²) < 4.78 is 0. The molecule has 1 rings (SSSR count). The number of hydrogen-bond acceptors (Lipinski definition) is 4. The van der Waals surface area contributed by atoms with Crippen molar-refractivity contribution in [1.29, 1.82) is 0 Å². The van der Waals surface area contributed by atoms with Crippen LogP contribution in [0, 0.1) is 0 Å². The lowest BCUT2D eigenvalue weighted by Crippen LogP contribution is -2.15. The molecule has 0 saturated carbocycles. The molecular formula is C9H12N2O3. The van der Waals surface area contributed by atoms with E-state index in [1.54, 1.807) is 0 Å². The fraction of sp³-hybridized carbons (Fsp3) is 0.222. The first-order valence-corrected chi connectivity index (χ1v) is 4.06. The summed E-state index contributed by atoms with van der Waals surface area (Å²) in [5.41, 5.74) is 11.8. The van der Waals surface area contributed by atoms with Gasteiger partial charge in [-0.25, -0.2) is 0 Å². The molecule has 5 heteroatoms. The van der Waals surface area contributed by atoms with Crippen LogP contribution in [0.4, 0.5) is 5.69 Å². The highest BCUT2D eigenvalue weighted by Crippen LogP contribution is 2.26. The molecule has 1 aromatic rings. The Morgan fingerprint density at radius 1 is 1.50 bits per heavy atom. The van der Waals surface area contributed by atoms with Gasteiger partial charge in [0.1, 0.15) is 5.75 Å². The van der Waals surface area contributed by atoms with Crippen molar-refractivity contribution in [2.75, 3.05) is 5.73 Å². The Labute approximate surface area is 81.0 Å². The maximum Gasteiger partial charge on any atom is 0.305 e. The summed E-state index contributed by atoms with van der Waals surface area (Å²) in [5, 5.41) is 17.9. The zero-order chi connectivity index (χ0) is 10.7. The van der Waals surface area contributed by atoms with Gasteiger partial charge in [-0.1, -0.05) is 0 Å². The van der Waals surface area contributed by atoms with E-state index in [2.05, 4.69) is 0 Å². The molecule has 14 heavy (non-hydrogen) atoms. The summed E-state index contributed by atoms with van der Waals surface area (Å²) in [6, 6.07) is 3.65. The Morgan fingerprint density at radius 3 is 2.71 bits per heavy atom. The van der Waals surface area contributed by atoms with Gasteiger partial charge in [-0.2, -0.15) is 0 Å². The van der Waals surface area contributed by atoms with Gasteiger partial charge < -0.3 is 21.7 Å².